The van der Waals surface area contributed by atoms with Gasteiger partial charge in [0.1, 0.15) is 0 Å². The zero-order valence-corrected chi connectivity index (χ0v) is 19.8. The average Bonchev–Trinajstić information content (AvgIpc) is 3.30. The summed E-state index contributed by atoms with van der Waals surface area (Å²) in [6.07, 6.45) is 5.89. The molecule has 10 heteroatoms. The predicted molar refractivity (Wildman–Crippen MR) is 104 cm³/mol. The number of hydrogen-bond acceptors (Lipinski definition) is 6. The van der Waals surface area contributed by atoms with Crippen molar-refractivity contribution in [1.82, 2.24) is 14.9 Å². The van der Waals surface area contributed by atoms with Gasteiger partial charge >= 0.3 is 6.03 Å². The zero-order chi connectivity index (χ0) is 19.0. The molecule has 0 aliphatic heterocycles. The van der Waals surface area contributed by atoms with Crippen molar-refractivity contribution in [3.63, 3.8) is 0 Å². The number of aromatic nitrogens is 2. The molecule has 8 nitrogen and oxygen atoms in total. The molecular weight excluding hydrogens is 407 g/mol. The number of nitrogens with one attached hydrogen (secondary N) is 2. The number of rotatable bonds is 4. The molecule has 1 aromatic heterocycles. The summed E-state index contributed by atoms with van der Waals surface area (Å²) < 4.78 is 31.6. The molecular formula is C18H20KN4O4S. The summed E-state index contributed by atoms with van der Waals surface area (Å²) in [4.78, 5) is 12.4. The van der Waals surface area contributed by atoms with Crippen molar-refractivity contribution < 1.29 is 17.9 Å². The smallest absolute Gasteiger partial charge is 0.333 e. The minimum Gasteiger partial charge on any atom is -0.480 e. The van der Waals surface area contributed by atoms with E-state index in [9.17, 15) is 13.2 Å². The van der Waals surface area contributed by atoms with E-state index in [2.05, 4.69) is 21.6 Å². The van der Waals surface area contributed by atoms with Crippen LogP contribution in [0.5, 0.6) is 5.88 Å². The Morgan fingerprint density at radius 1 is 1.04 bits per heavy atom. The summed E-state index contributed by atoms with van der Waals surface area (Å²) in [7, 11) is -2.72. The molecule has 143 valence electrons. The fraction of sp³-hybridized carbons (Fsp3) is 0.389. The molecule has 2 aliphatic rings. The van der Waals surface area contributed by atoms with Crippen molar-refractivity contribution in [2.75, 3.05) is 12.4 Å². The molecule has 28 heavy (non-hydrogen) atoms. The number of amides is 2. The van der Waals surface area contributed by atoms with E-state index in [4.69, 9.17) is 4.74 Å². The van der Waals surface area contributed by atoms with Gasteiger partial charge in [-0.1, -0.05) is 6.07 Å². The normalized spacial score (nSPS) is 14.6. The first-order valence-electron chi connectivity index (χ1n) is 8.86. The van der Waals surface area contributed by atoms with Crippen molar-refractivity contribution in [2.45, 2.75) is 43.6 Å². The first-order valence-corrected chi connectivity index (χ1v) is 10.3. The number of hydrogen-bond donors (Lipinski definition) is 2. The predicted octanol–water partition coefficient (Wildman–Crippen LogP) is 1.59. The van der Waals surface area contributed by atoms with Gasteiger partial charge in [0.25, 0.3) is 10.0 Å². The van der Waals surface area contributed by atoms with Crippen LogP contribution in [0, 0.1) is 0 Å². The maximum atomic E-state index is 12.4. The van der Waals surface area contributed by atoms with Crippen molar-refractivity contribution in [3.8, 4) is 5.88 Å². The summed E-state index contributed by atoms with van der Waals surface area (Å²) in [5, 5.41) is 9.66. The molecule has 0 saturated carbocycles. The summed E-state index contributed by atoms with van der Waals surface area (Å²) in [6.45, 7) is 0. The molecule has 0 atom stereocenters. The minimum absolute atomic E-state index is 0. The monoisotopic (exact) mass is 427 g/mol. The van der Waals surface area contributed by atoms with Gasteiger partial charge in [0.2, 0.25) is 5.88 Å². The molecule has 2 amide bonds. The Balaban J connectivity index is 0.00000225. The van der Waals surface area contributed by atoms with Crippen LogP contribution in [0.2, 0.25) is 0 Å². The van der Waals surface area contributed by atoms with Crippen LogP contribution >= 0.6 is 0 Å². The third-order valence-electron chi connectivity index (χ3n) is 5.04. The quantitative estimate of drug-likeness (QED) is 0.717. The summed E-state index contributed by atoms with van der Waals surface area (Å²) in [5.41, 5.74) is 5.57. The second kappa shape index (κ2) is 8.76. The SMILES string of the molecule is COc1ccc(S(=O)(=O)NC(=O)Nc2c3c(cc4c2CCC4)CCC3)nn1.[K]. The average molecular weight is 428 g/mol. The molecule has 0 unspecified atom stereocenters. The molecule has 2 aromatic rings. The number of fused-ring (bicyclic) bond motifs is 2. The molecule has 1 radical (unpaired) electrons. The van der Waals surface area contributed by atoms with E-state index in [1.54, 1.807) is 0 Å². The van der Waals surface area contributed by atoms with Crippen LogP contribution in [-0.2, 0) is 35.7 Å². The number of urea groups is 1. The number of anilines is 1. The fourth-order valence-corrected chi connectivity index (χ4v) is 4.64. The number of benzene rings is 1. The standard InChI is InChI=1S/C18H20N4O4S.K/c1-26-15-8-9-16(21-20-15)27(24,25)22-18(23)19-17-13-6-2-4-11(13)10-12-5-3-7-14(12)17;/h8-10H,2-7H2,1H3,(H2,19,22,23);. The van der Waals surface area contributed by atoms with Crippen LogP contribution in [0.1, 0.15) is 35.1 Å². The Kier molecular flexibility index (Phi) is 6.78. The Bertz CT molecular complexity index is 977. The molecule has 2 aliphatic carbocycles. The largest absolute Gasteiger partial charge is 0.480 e. The zero-order valence-electron chi connectivity index (χ0n) is 15.9. The number of carbonyl (C=O) groups excluding carboxylic acids is 1. The molecule has 0 saturated heterocycles. The van der Waals surface area contributed by atoms with Gasteiger partial charge in [-0.05, 0) is 66.8 Å². The first kappa shape index (κ1) is 21.7. The van der Waals surface area contributed by atoms with E-state index < -0.39 is 16.1 Å². The maximum Gasteiger partial charge on any atom is 0.333 e. The fourth-order valence-electron chi connectivity index (χ4n) is 3.84. The Morgan fingerprint density at radius 2 is 1.68 bits per heavy atom. The van der Waals surface area contributed by atoms with Gasteiger partial charge < -0.3 is 10.1 Å². The van der Waals surface area contributed by atoms with Crippen LogP contribution in [-0.4, -0.2) is 83.1 Å². The second-order valence-corrected chi connectivity index (χ2v) is 8.34. The van der Waals surface area contributed by atoms with Crippen molar-refractivity contribution in [1.29, 1.82) is 0 Å². The number of aryl methyl sites for hydroxylation is 2. The molecule has 0 spiro atoms. The van der Waals surface area contributed by atoms with Crippen LogP contribution in [0.3, 0.4) is 0 Å². The number of sulfonamides is 1. The van der Waals surface area contributed by atoms with E-state index in [1.807, 2.05) is 4.72 Å². The summed E-state index contributed by atoms with van der Waals surface area (Å²) >= 11 is 0. The van der Waals surface area contributed by atoms with Gasteiger partial charge in [0.15, 0.2) is 5.03 Å². The molecule has 1 heterocycles. The van der Waals surface area contributed by atoms with Gasteiger partial charge in [-0.2, -0.15) is 8.42 Å². The minimum atomic E-state index is -4.12. The summed E-state index contributed by atoms with van der Waals surface area (Å²) in [5.74, 6) is 0.189. The van der Waals surface area contributed by atoms with Crippen molar-refractivity contribution in [3.05, 3.63) is 40.5 Å². The number of nitrogens with zero attached hydrogens (tertiary/aromatic N) is 2. The second-order valence-electron chi connectivity index (χ2n) is 6.71. The van der Waals surface area contributed by atoms with Gasteiger partial charge in [0.05, 0.1) is 7.11 Å². The van der Waals surface area contributed by atoms with Crippen LogP contribution in [0.25, 0.3) is 0 Å². The third-order valence-corrected chi connectivity index (χ3v) is 6.26. The number of methoxy groups -OCH3 is 1. The van der Waals surface area contributed by atoms with Gasteiger partial charge in [-0.25, -0.2) is 9.52 Å². The molecule has 0 bridgehead atoms. The number of ether oxygens (including phenoxy) is 1. The third kappa shape index (κ3) is 4.26. The van der Waals surface area contributed by atoms with Gasteiger partial charge in [-0.15, -0.1) is 10.2 Å². The van der Waals surface area contributed by atoms with E-state index in [-0.39, 0.29) is 62.3 Å². The molecule has 2 N–H and O–H groups in total. The molecule has 1 aromatic carbocycles. The Morgan fingerprint density at radius 3 is 2.21 bits per heavy atom. The van der Waals surface area contributed by atoms with E-state index in [0.29, 0.717) is 0 Å². The Labute approximate surface area is 206 Å². The van der Waals surface area contributed by atoms with Crippen LogP contribution in [0.15, 0.2) is 23.2 Å². The van der Waals surface area contributed by atoms with Gasteiger partial charge in [0, 0.05) is 63.1 Å². The summed E-state index contributed by atoms with van der Waals surface area (Å²) in [6, 6.07) is 4.06. The number of carbonyl (C=O) groups is 1. The maximum absolute atomic E-state index is 12.4. The van der Waals surface area contributed by atoms with Gasteiger partial charge in [-0.3, -0.25) is 0 Å². The topological polar surface area (TPSA) is 110 Å². The molecule has 0 fully saturated rings. The Hall–Kier alpha value is -1.04. The van der Waals surface area contributed by atoms with Crippen LogP contribution < -0.4 is 14.8 Å². The van der Waals surface area contributed by atoms with E-state index >= 15 is 0 Å². The van der Waals surface area contributed by atoms with E-state index in [1.165, 1.54) is 30.4 Å². The van der Waals surface area contributed by atoms with Crippen molar-refractivity contribution in [2.24, 2.45) is 0 Å². The van der Waals surface area contributed by atoms with Crippen molar-refractivity contribution >= 4 is 73.1 Å². The molecule has 4 rings (SSSR count). The van der Waals surface area contributed by atoms with E-state index in [0.717, 1.165) is 55.3 Å². The van der Waals surface area contributed by atoms with Crippen LogP contribution in [0.4, 0.5) is 10.5 Å². The first-order chi connectivity index (χ1) is 13.0.